The summed E-state index contributed by atoms with van der Waals surface area (Å²) >= 11 is 0. The highest BCUT2D eigenvalue weighted by atomic mass is 16.5. The summed E-state index contributed by atoms with van der Waals surface area (Å²) in [7, 11) is 1.70. The van der Waals surface area contributed by atoms with Crippen molar-refractivity contribution >= 4 is 23.1 Å². The maximum absolute atomic E-state index is 14.0. The van der Waals surface area contributed by atoms with E-state index in [1.807, 2.05) is 76.2 Å². The predicted molar refractivity (Wildman–Crippen MR) is 171 cm³/mol. The van der Waals surface area contributed by atoms with E-state index in [2.05, 4.69) is 6.92 Å². The first-order chi connectivity index (χ1) is 18.7. The Labute approximate surface area is 262 Å². The van der Waals surface area contributed by atoms with Gasteiger partial charge in [-0.25, -0.2) is 0 Å². The van der Waals surface area contributed by atoms with Crippen LogP contribution in [0.25, 0.3) is 0 Å². The van der Waals surface area contributed by atoms with Crippen molar-refractivity contribution in [2.45, 2.75) is 184 Å². The lowest BCUT2D eigenvalue weighted by Crippen LogP contribution is -2.56. The third-order valence-corrected chi connectivity index (χ3v) is 8.96. The first-order valence-electron chi connectivity index (χ1n) is 15.5. The molecule has 252 valence electrons. The molecule has 0 aromatic carbocycles. The van der Waals surface area contributed by atoms with Crippen molar-refractivity contribution in [3.63, 3.8) is 0 Å². The summed E-state index contributed by atoms with van der Waals surface area (Å²) in [6, 6.07) is 0. The van der Waals surface area contributed by atoms with Gasteiger partial charge in [0.25, 0.3) is 0 Å². The molecular formula is C35H64O8. The molecule has 8 heteroatoms. The van der Waals surface area contributed by atoms with E-state index in [9.17, 15) is 19.2 Å². The Morgan fingerprint density at radius 3 is 1.51 bits per heavy atom. The number of Topliss-reactive ketones (excluding diaryl/α,β-unsaturated/α-hetero) is 4. The highest BCUT2D eigenvalue weighted by Crippen LogP contribution is 2.44. The Morgan fingerprint density at radius 1 is 0.674 bits per heavy atom. The van der Waals surface area contributed by atoms with Crippen molar-refractivity contribution in [3.8, 4) is 0 Å². The van der Waals surface area contributed by atoms with E-state index in [0.717, 1.165) is 6.42 Å². The van der Waals surface area contributed by atoms with Gasteiger partial charge in [0.2, 0.25) is 5.78 Å². The molecule has 0 aromatic rings. The topological polar surface area (TPSA) is 105 Å². The van der Waals surface area contributed by atoms with Gasteiger partial charge in [-0.3, -0.25) is 19.2 Å². The Morgan fingerprint density at radius 2 is 1.12 bits per heavy atom. The van der Waals surface area contributed by atoms with Gasteiger partial charge in [-0.15, -0.1) is 0 Å². The number of rotatable bonds is 19. The highest BCUT2D eigenvalue weighted by molar-refractivity contribution is 6.39. The van der Waals surface area contributed by atoms with Crippen molar-refractivity contribution in [2.75, 3.05) is 7.11 Å². The second-order valence-electron chi connectivity index (χ2n) is 16.5. The second-order valence-corrected chi connectivity index (χ2v) is 16.5. The molecule has 0 radical (unpaired) electrons. The van der Waals surface area contributed by atoms with Crippen molar-refractivity contribution in [1.82, 2.24) is 0 Å². The van der Waals surface area contributed by atoms with E-state index in [4.69, 9.17) is 18.9 Å². The summed E-state index contributed by atoms with van der Waals surface area (Å²) in [6.07, 6.45) is 0.844. The minimum absolute atomic E-state index is 0.0482. The largest absolute Gasteiger partial charge is 0.378 e. The molecule has 0 aliphatic carbocycles. The molecule has 0 N–H and O–H groups in total. The molecule has 0 heterocycles. The summed E-state index contributed by atoms with van der Waals surface area (Å²) in [4.78, 5) is 51.7. The summed E-state index contributed by atoms with van der Waals surface area (Å²) in [5.41, 5.74) is -7.17. The summed E-state index contributed by atoms with van der Waals surface area (Å²) in [5, 5.41) is 0. The monoisotopic (exact) mass is 612 g/mol. The van der Waals surface area contributed by atoms with E-state index < -0.39 is 56.5 Å². The maximum Gasteiger partial charge on any atom is 0.229 e. The summed E-state index contributed by atoms with van der Waals surface area (Å²) < 4.78 is 24.7. The first-order valence-corrected chi connectivity index (χ1v) is 15.5. The minimum atomic E-state index is -1.44. The fraction of sp³-hybridized carbons (Fsp3) is 0.886. The maximum atomic E-state index is 14.0. The number of ether oxygens (including phenoxy) is 4. The zero-order valence-electron chi connectivity index (χ0n) is 31.0. The fourth-order valence-electron chi connectivity index (χ4n) is 6.61. The molecule has 43 heavy (non-hydrogen) atoms. The van der Waals surface area contributed by atoms with Crippen molar-refractivity contribution in [1.29, 1.82) is 0 Å². The van der Waals surface area contributed by atoms with Crippen LogP contribution in [-0.2, 0) is 38.1 Å². The zero-order valence-corrected chi connectivity index (χ0v) is 31.0. The number of carbonyl (C=O) groups is 4. The lowest BCUT2D eigenvalue weighted by Gasteiger charge is -2.48. The number of carbonyl (C=O) groups excluding carboxylic acids is 4. The molecule has 0 saturated carbocycles. The molecule has 8 nitrogen and oxygen atoms in total. The first kappa shape index (κ1) is 41.5. The molecule has 0 bridgehead atoms. The van der Waals surface area contributed by atoms with E-state index >= 15 is 0 Å². The number of hydrogen-bond donors (Lipinski definition) is 0. The molecule has 2 unspecified atom stereocenters. The van der Waals surface area contributed by atoms with Gasteiger partial charge < -0.3 is 18.9 Å². The van der Waals surface area contributed by atoms with Crippen LogP contribution in [-0.4, -0.2) is 70.0 Å². The SMILES string of the molecule is CCC(C)(CC(C)(C)OC(C)(C)C(=O)C(C)(C)CC(C)(C)OC(C)(C)C(C)(C)C(=O)C(C)OC(C)(C)C(=O)C(C)=O)OC. The van der Waals surface area contributed by atoms with Crippen LogP contribution in [0, 0.1) is 10.8 Å². The molecule has 0 aliphatic rings. The van der Waals surface area contributed by atoms with Gasteiger partial charge in [0.15, 0.2) is 17.3 Å². The van der Waals surface area contributed by atoms with Crippen molar-refractivity contribution < 1.29 is 38.1 Å². The van der Waals surface area contributed by atoms with Gasteiger partial charge in [-0.05, 0) is 95.9 Å². The average molecular weight is 613 g/mol. The van der Waals surface area contributed by atoms with Crippen LogP contribution < -0.4 is 0 Å². The summed E-state index contributed by atoms with van der Waals surface area (Å²) in [6.45, 7) is 32.4. The van der Waals surface area contributed by atoms with Crippen LogP contribution in [0.2, 0.25) is 0 Å². The molecule has 0 aromatic heterocycles. The van der Waals surface area contributed by atoms with Gasteiger partial charge in [-0.1, -0.05) is 34.6 Å². The van der Waals surface area contributed by atoms with Gasteiger partial charge in [0, 0.05) is 25.9 Å². The average Bonchev–Trinajstić information content (AvgIpc) is 2.79. The fourth-order valence-corrected chi connectivity index (χ4v) is 6.61. The molecule has 0 saturated heterocycles. The number of methoxy groups -OCH3 is 1. The van der Waals surface area contributed by atoms with Crippen LogP contribution in [0.15, 0.2) is 0 Å². The Balaban J connectivity index is 5.91. The predicted octanol–water partition coefficient (Wildman–Crippen LogP) is 7.26. The summed E-state index contributed by atoms with van der Waals surface area (Å²) in [5.74, 6) is -1.63. The van der Waals surface area contributed by atoms with Crippen LogP contribution in [0.5, 0.6) is 0 Å². The van der Waals surface area contributed by atoms with Crippen molar-refractivity contribution in [2.24, 2.45) is 10.8 Å². The molecule has 2 atom stereocenters. The molecule has 0 aliphatic heterocycles. The second kappa shape index (κ2) is 13.5. The lowest BCUT2D eigenvalue weighted by molar-refractivity contribution is -0.202. The molecule has 0 amide bonds. The van der Waals surface area contributed by atoms with Crippen molar-refractivity contribution in [3.05, 3.63) is 0 Å². The van der Waals surface area contributed by atoms with Crippen LogP contribution >= 0.6 is 0 Å². The molecule has 0 fully saturated rings. The lowest BCUT2D eigenvalue weighted by atomic mass is 9.70. The quantitative estimate of drug-likeness (QED) is 0.140. The van der Waals surface area contributed by atoms with Gasteiger partial charge >= 0.3 is 0 Å². The van der Waals surface area contributed by atoms with Gasteiger partial charge in [0.05, 0.1) is 27.8 Å². The van der Waals surface area contributed by atoms with E-state index in [1.165, 1.54) is 20.8 Å². The van der Waals surface area contributed by atoms with E-state index in [0.29, 0.717) is 12.8 Å². The van der Waals surface area contributed by atoms with Gasteiger partial charge in [0.1, 0.15) is 17.3 Å². The van der Waals surface area contributed by atoms with Crippen LogP contribution in [0.1, 0.15) is 144 Å². The zero-order chi connectivity index (χ0) is 34.8. The third kappa shape index (κ3) is 10.8. The molecular weight excluding hydrogens is 548 g/mol. The highest BCUT2D eigenvalue weighted by Gasteiger charge is 2.52. The molecule has 0 rings (SSSR count). The van der Waals surface area contributed by atoms with Crippen LogP contribution in [0.3, 0.4) is 0 Å². The Kier molecular flexibility index (Phi) is 13.0. The Hall–Kier alpha value is -1.48. The van der Waals surface area contributed by atoms with E-state index in [-0.39, 0.29) is 17.2 Å². The standard InChI is InChI=1S/C35H64O8/c1-20-35(18,40-19)22-30(8,9)42-33(14,15)27(39)28(4,5)21-29(6,7)43-34(16,17)31(10,11)26(38)24(3)41-32(12,13)25(37)23(2)36/h24H,20-22H2,1-19H3. The van der Waals surface area contributed by atoms with E-state index in [1.54, 1.807) is 27.9 Å². The number of hydrogen-bond acceptors (Lipinski definition) is 8. The normalized spacial score (nSPS) is 16.4. The van der Waals surface area contributed by atoms with Gasteiger partial charge in [-0.2, -0.15) is 0 Å². The number of ketones is 4. The smallest absolute Gasteiger partial charge is 0.229 e. The van der Waals surface area contributed by atoms with Crippen LogP contribution in [0.4, 0.5) is 0 Å². The minimum Gasteiger partial charge on any atom is -0.378 e. The third-order valence-electron chi connectivity index (χ3n) is 8.96. The molecule has 0 spiro atoms. The Bertz CT molecular complexity index is 1020.